The van der Waals surface area contributed by atoms with E-state index < -0.39 is 183 Å². The van der Waals surface area contributed by atoms with Crippen LogP contribution in [0.15, 0.2) is 95.4 Å². The second kappa shape index (κ2) is 35.7. The molecule has 13 unspecified atom stereocenters. The molecule has 8 rings (SSSR count). The van der Waals surface area contributed by atoms with Crippen LogP contribution in [-0.4, -0.2) is 226 Å². The highest BCUT2D eigenvalue weighted by molar-refractivity contribution is 7.90. The van der Waals surface area contributed by atoms with E-state index in [4.69, 9.17) is 29.1 Å². The van der Waals surface area contributed by atoms with Gasteiger partial charge in [0.15, 0.2) is 11.5 Å². The molecule has 536 valence electrons. The number of carbonyl (C=O) groups is 8. The van der Waals surface area contributed by atoms with Crippen LogP contribution >= 0.6 is 12.3 Å². The molecule has 33 nitrogen and oxygen atoms in total. The second-order valence-electron chi connectivity index (χ2n) is 24.4. The highest BCUT2D eigenvalue weighted by atomic mass is 32.2. The predicted molar refractivity (Wildman–Crippen MR) is 347 cm³/mol. The molecule has 0 bridgehead atoms. The van der Waals surface area contributed by atoms with Crippen LogP contribution in [0.25, 0.3) is 34.0 Å². The molecule has 4 aromatic carbocycles. The number of hydrogen-bond donors (Lipinski definition) is 15. The summed E-state index contributed by atoms with van der Waals surface area (Å²) in [5, 5.41) is 123. The minimum Gasteiger partial charge on any atom is -0.504 e. The van der Waals surface area contributed by atoms with Crippen molar-refractivity contribution in [2.45, 2.75) is 151 Å². The number of β-amino-alcohol motifs (C(OH)–C–C–N with tert-alkyl or cyclic N) is 1. The number of aromatic nitrogens is 2. The summed E-state index contributed by atoms with van der Waals surface area (Å²) in [6.07, 6.45) is -9.64. The van der Waals surface area contributed by atoms with Crippen molar-refractivity contribution in [3.63, 3.8) is 0 Å². The molecule has 0 spiro atoms. The van der Waals surface area contributed by atoms with Crippen molar-refractivity contribution >= 4 is 59.6 Å². The molecule has 0 radical (unpaired) electrons. The van der Waals surface area contributed by atoms with Crippen molar-refractivity contribution in [2.75, 3.05) is 40.0 Å². The van der Waals surface area contributed by atoms with Gasteiger partial charge in [0.1, 0.15) is 54.2 Å². The third kappa shape index (κ3) is 19.9. The summed E-state index contributed by atoms with van der Waals surface area (Å²) in [4.78, 5) is 115. The molecule has 14 atom stereocenters. The lowest BCUT2D eigenvalue weighted by Gasteiger charge is -2.34. The van der Waals surface area contributed by atoms with E-state index in [1.165, 1.54) is 37.6 Å². The summed E-state index contributed by atoms with van der Waals surface area (Å²) in [5.41, 5.74) is 7.87. The van der Waals surface area contributed by atoms with Gasteiger partial charge in [0.2, 0.25) is 53.1 Å². The Morgan fingerprint density at radius 1 is 0.707 bits per heavy atom. The minimum atomic E-state index is -2.54. The van der Waals surface area contributed by atoms with Gasteiger partial charge in [0.05, 0.1) is 43.5 Å². The zero-order valence-corrected chi connectivity index (χ0v) is 55.0. The molecule has 3 aliphatic heterocycles. The quantitative estimate of drug-likeness (QED) is 0.0148. The van der Waals surface area contributed by atoms with Crippen molar-refractivity contribution in [3.05, 3.63) is 102 Å². The maximum atomic E-state index is 14.7. The molecule has 3 saturated heterocycles. The molecule has 0 saturated carbocycles. The largest absolute Gasteiger partial charge is 0.504 e. The van der Waals surface area contributed by atoms with Crippen LogP contribution in [0, 0.1) is 5.92 Å². The Labute approximate surface area is 571 Å². The fourth-order valence-electron chi connectivity index (χ4n) is 11.7. The lowest BCUT2D eigenvalue weighted by molar-refractivity contribution is -0.433. The number of aromatic hydroxyl groups is 1. The standard InChI is InChI=1S/C65H82N10O23S/c1-33-31-75-53(54(33)82)61(89)67-30-41(77)27-44(68-57(85)37-12-16-39(17-13-37)63-73-72-62(95-63)38-14-10-35(11-15-38)36-18-21-43(22-19-36)94-25-9-7-5-4-6-8-24-93-3)58(86)69-50(34(2)76)64(90)74-32-42(78)28-45(74)59(87)71-52(60(88)70-51(65(75)91)47(80)29-49(66)81)56(84)55(83)40-20-23-46(79)48(26-40)96-99-98-97-92/h10-23,26,33-34,41-42,44-45,47,50-56,76-80,82-84,92H,4-9,24-25,27-32H2,1-3H3,(H2,66,81)(H,67,89)(H,68,85)(H,69,86)(H,70,88)(H,71,87)/t33?,34?,41?,42?,44-,45?,47?,50?,51?,52?,53?,54?,55?,56?/m0/s1. The molecule has 16 N–H and O–H groups in total. The number of nitrogens with one attached hydrogen (secondary N) is 5. The number of carbonyl (C=O) groups excluding carboxylic acids is 8. The summed E-state index contributed by atoms with van der Waals surface area (Å²) in [7, 11) is 1.71. The van der Waals surface area contributed by atoms with Crippen LogP contribution < -0.4 is 41.2 Å². The smallest absolute Gasteiger partial charge is 0.261 e. The number of amides is 8. The second-order valence-corrected chi connectivity index (χ2v) is 24.8. The summed E-state index contributed by atoms with van der Waals surface area (Å²) >= 11 is -0.0267. The number of hydrogen-bond acceptors (Lipinski definition) is 26. The third-order valence-corrected chi connectivity index (χ3v) is 17.5. The summed E-state index contributed by atoms with van der Waals surface area (Å²) < 4.78 is 26.3. The molecule has 99 heavy (non-hydrogen) atoms. The number of phenols is 1. The van der Waals surface area contributed by atoms with Crippen LogP contribution in [0.1, 0.15) is 93.7 Å². The van der Waals surface area contributed by atoms with Gasteiger partial charge >= 0.3 is 0 Å². The molecule has 1 aromatic heterocycles. The highest BCUT2D eigenvalue weighted by Crippen LogP contribution is 2.35. The number of methoxy groups -OCH3 is 1. The Kier molecular flexibility index (Phi) is 27.4. The zero-order valence-electron chi connectivity index (χ0n) is 54.2. The van der Waals surface area contributed by atoms with E-state index >= 15 is 0 Å². The fraction of sp³-hybridized carbons (Fsp3) is 0.477. The maximum Gasteiger partial charge on any atom is 0.261 e. The van der Waals surface area contributed by atoms with Crippen LogP contribution in [0.2, 0.25) is 0 Å². The normalized spacial score (nSPS) is 24.0. The highest BCUT2D eigenvalue weighted by Gasteiger charge is 2.50. The number of nitrogens with two attached hydrogens (primary N) is 1. The van der Waals surface area contributed by atoms with Crippen molar-refractivity contribution in [2.24, 2.45) is 11.7 Å². The molecule has 8 amide bonds. The molecule has 34 heteroatoms. The average molecular weight is 1400 g/mol. The lowest BCUT2D eigenvalue weighted by atomic mass is 9.96. The first kappa shape index (κ1) is 75.9. The van der Waals surface area contributed by atoms with Gasteiger partial charge < -0.3 is 101 Å². The number of nitrogens with zero attached hydrogens (tertiary/aromatic N) is 4. The number of ether oxygens (including phenoxy) is 2. The topological polar surface area (TPSA) is 496 Å². The zero-order chi connectivity index (χ0) is 71.6. The van der Waals surface area contributed by atoms with E-state index in [1.54, 1.807) is 7.11 Å². The van der Waals surface area contributed by atoms with Gasteiger partial charge in [-0.15, -0.1) is 10.2 Å². The number of fused-ring (bicyclic) bond motifs is 2. The molecule has 3 aliphatic rings. The number of rotatable bonds is 26. The predicted octanol–water partition coefficient (Wildman–Crippen LogP) is -0.180. The van der Waals surface area contributed by atoms with Crippen molar-refractivity contribution in [1.82, 2.24) is 46.6 Å². The number of phenolic OH excluding ortho intramolecular Hbond substituents is 1. The van der Waals surface area contributed by atoms with Crippen molar-refractivity contribution in [3.8, 4) is 51.3 Å². The molecular formula is C65H82N10O23S. The van der Waals surface area contributed by atoms with E-state index in [0.717, 1.165) is 90.5 Å². The van der Waals surface area contributed by atoms with E-state index in [0.29, 0.717) is 17.7 Å². The van der Waals surface area contributed by atoms with Gasteiger partial charge in [0.25, 0.3) is 18.2 Å². The first-order chi connectivity index (χ1) is 47.4. The number of aliphatic hydroxyl groups excluding tert-OH is 7. The molecule has 0 aliphatic carbocycles. The molecule has 3 fully saturated rings. The van der Waals surface area contributed by atoms with Crippen molar-refractivity contribution < 1.29 is 112 Å². The monoisotopic (exact) mass is 1400 g/mol. The minimum absolute atomic E-state index is 0.0267. The average Bonchev–Trinajstić information content (AvgIpc) is 1.71. The van der Waals surface area contributed by atoms with Crippen LogP contribution in [0.5, 0.6) is 17.2 Å². The third-order valence-electron chi connectivity index (χ3n) is 17.1. The lowest BCUT2D eigenvalue weighted by Crippen LogP contribution is -2.64. The molecule has 5 aromatic rings. The molecule has 4 heterocycles. The Balaban J connectivity index is 1.02. The van der Waals surface area contributed by atoms with Gasteiger partial charge in [-0.3, -0.25) is 38.4 Å². The number of unbranched alkanes of at least 4 members (excludes halogenated alkanes) is 5. The van der Waals surface area contributed by atoms with Crippen molar-refractivity contribution in [1.29, 1.82) is 0 Å². The molecular weight excluding hydrogens is 1320 g/mol. The summed E-state index contributed by atoms with van der Waals surface area (Å²) in [6.45, 7) is 2.06. The van der Waals surface area contributed by atoms with Gasteiger partial charge in [-0.05, 0) is 97.1 Å². The Bertz CT molecular complexity index is 3570. The number of aliphatic hydroxyl groups is 7. The van der Waals surface area contributed by atoms with Gasteiger partial charge in [0, 0.05) is 68.8 Å². The van der Waals surface area contributed by atoms with Gasteiger partial charge in [-0.2, -0.15) is 0 Å². The summed E-state index contributed by atoms with van der Waals surface area (Å²) in [5.74, 6) is -11.0. The van der Waals surface area contributed by atoms with E-state index in [2.05, 4.69) is 46.2 Å². The first-order valence-corrected chi connectivity index (χ1v) is 32.6. The number of primary amides is 1. The van der Waals surface area contributed by atoms with Crippen LogP contribution in [0.4, 0.5) is 0 Å². The number of benzene rings is 4. The SMILES string of the molecule is COCCCCCCCCOc1ccc(-c2ccc(-c3nnc(-c4ccc(C(=O)N[C@H]5CC(O)CNC(=O)C6C(O)C(C)CN6C(=O)C(C(O)CC(N)=O)NC(=O)C(C(O)C(O)c6ccc(O)c(OSOOO)c6)NC(=O)C6CC(O)CN6C(=O)C(C(C)O)NC5=O)cc4)o3)cc2)cc1. The van der Waals surface area contributed by atoms with E-state index in [1.807, 2.05) is 48.5 Å². The van der Waals surface area contributed by atoms with Crippen LogP contribution in [0.3, 0.4) is 0 Å². The van der Waals surface area contributed by atoms with Gasteiger partial charge in [-0.25, -0.2) is 5.26 Å². The summed E-state index contributed by atoms with van der Waals surface area (Å²) in [6, 6.07) is 11.5. The van der Waals surface area contributed by atoms with E-state index in [9.17, 15) is 79.2 Å². The Hall–Kier alpha value is -8.91. The van der Waals surface area contributed by atoms with Gasteiger partial charge in [-0.1, -0.05) is 72.3 Å². The Morgan fingerprint density at radius 3 is 1.92 bits per heavy atom. The fourth-order valence-corrected chi connectivity index (χ4v) is 12.0. The van der Waals surface area contributed by atoms with Crippen LogP contribution in [-0.2, 0) is 47.7 Å². The maximum absolute atomic E-state index is 14.7. The first-order valence-electron chi connectivity index (χ1n) is 31.9. The Morgan fingerprint density at radius 2 is 1.29 bits per heavy atom. The van der Waals surface area contributed by atoms with E-state index in [-0.39, 0.29) is 35.2 Å².